The average Bonchev–Trinajstić information content (AvgIpc) is 3.10. The van der Waals surface area contributed by atoms with E-state index in [0.29, 0.717) is 36.8 Å². The van der Waals surface area contributed by atoms with Crippen LogP contribution in [0.25, 0.3) is 0 Å². The molecule has 226 valence electrons. The number of hydrogen-bond donors (Lipinski definition) is 1. The van der Waals surface area contributed by atoms with Gasteiger partial charge in [0.25, 0.3) is 5.91 Å². The quantitative estimate of drug-likeness (QED) is 0.245. The highest BCUT2D eigenvalue weighted by molar-refractivity contribution is 7.91. The molecule has 1 amide bonds. The summed E-state index contributed by atoms with van der Waals surface area (Å²) in [4.78, 5) is 15.6. The molecule has 0 aromatic heterocycles. The molecular formula is C33H42ClN3O4S. The fraction of sp³-hybridized carbons (Fsp3) is 0.485. The lowest BCUT2D eigenvalue weighted by atomic mass is 9.68. The van der Waals surface area contributed by atoms with Gasteiger partial charge < -0.3 is 14.4 Å². The largest absolute Gasteiger partial charge is 0.490 e. The molecule has 1 fully saturated rings. The Morgan fingerprint density at radius 2 is 2.14 bits per heavy atom. The van der Waals surface area contributed by atoms with Crippen LogP contribution in [-0.2, 0) is 26.5 Å². The lowest BCUT2D eigenvalue weighted by Gasteiger charge is -2.46. The molecule has 3 aliphatic rings. The van der Waals surface area contributed by atoms with Crippen LogP contribution in [0, 0.1) is 11.8 Å². The van der Waals surface area contributed by atoms with Crippen LogP contribution in [0.2, 0.25) is 5.02 Å². The Balaban J connectivity index is 1.51. The molecule has 1 heterocycles. The number of amides is 1. The molecule has 0 saturated heterocycles. The molecule has 1 saturated carbocycles. The van der Waals surface area contributed by atoms with Gasteiger partial charge >= 0.3 is 0 Å². The van der Waals surface area contributed by atoms with Crippen LogP contribution >= 0.6 is 11.6 Å². The number of ether oxygens (including phenoxy) is 2. The van der Waals surface area contributed by atoms with Gasteiger partial charge in [-0.3, -0.25) is 4.79 Å². The summed E-state index contributed by atoms with van der Waals surface area (Å²) in [5, 5.41) is 6.69. The zero-order valence-electron chi connectivity index (χ0n) is 24.4. The number of benzene rings is 2. The Kier molecular flexibility index (Phi) is 9.47. The van der Waals surface area contributed by atoms with Crippen LogP contribution in [0.5, 0.6) is 5.75 Å². The van der Waals surface area contributed by atoms with Gasteiger partial charge in [0.1, 0.15) is 15.7 Å². The number of unbranched alkanes of at least 4 members (excludes halogenated alkanes) is 1. The first-order valence-electron chi connectivity index (χ1n) is 14.8. The van der Waals surface area contributed by atoms with Crippen molar-refractivity contribution in [3.63, 3.8) is 0 Å². The second kappa shape index (κ2) is 12.9. The Hall–Kier alpha value is -2.65. The van der Waals surface area contributed by atoms with E-state index in [2.05, 4.69) is 34.6 Å². The minimum Gasteiger partial charge on any atom is -0.490 e. The van der Waals surface area contributed by atoms with E-state index >= 15 is 0 Å². The normalized spacial score (nSPS) is 25.1. The Bertz CT molecular complexity index is 1470. The van der Waals surface area contributed by atoms with Crippen LogP contribution in [0.1, 0.15) is 60.0 Å². The van der Waals surface area contributed by atoms with Crippen molar-refractivity contribution in [2.24, 2.45) is 21.3 Å². The summed E-state index contributed by atoms with van der Waals surface area (Å²) in [6, 6.07) is 11.6. The molecular weight excluding hydrogens is 570 g/mol. The predicted octanol–water partition coefficient (Wildman–Crippen LogP) is 6.49. The number of allylic oxidation sites excluding steroid dienone is 1. The number of nitrogens with zero attached hydrogens (tertiary/aromatic N) is 2. The smallest absolute Gasteiger partial charge is 0.286 e. The van der Waals surface area contributed by atoms with Gasteiger partial charge in [0.15, 0.2) is 0 Å². The number of fused-ring (bicyclic) bond motifs is 3. The van der Waals surface area contributed by atoms with E-state index in [4.69, 9.17) is 26.2 Å². The summed E-state index contributed by atoms with van der Waals surface area (Å²) in [6.07, 6.45) is 10.1. The van der Waals surface area contributed by atoms with E-state index in [-0.39, 0.29) is 17.3 Å². The standard InChI is InChI=1S/C33H42ClN3O4S/c1-4-6-7-17-42(35,39)36-32(38)24-11-15-31-29(19-24)37(20-25-10-13-27(25)30(5-2)40-3)21-33(22-41-31)16-8-9-23-18-26(34)12-14-28(23)33/h4-5,11-12,14-15,18-19,25,27,30H,1-2,6-10,13,16-17,20-22H2,3H3,(H2,35,36,38,39)/t25-,27+,30-,33-,42?/m0/s1. The number of aryl methyl sites for hydroxylation is 1. The summed E-state index contributed by atoms with van der Waals surface area (Å²) in [7, 11) is -1.40. The van der Waals surface area contributed by atoms with Crippen LogP contribution in [0.3, 0.4) is 0 Å². The van der Waals surface area contributed by atoms with Crippen LogP contribution in [0.4, 0.5) is 5.69 Å². The van der Waals surface area contributed by atoms with E-state index in [9.17, 15) is 9.00 Å². The molecule has 2 aromatic carbocycles. The lowest BCUT2D eigenvalue weighted by molar-refractivity contribution is 0.0135. The monoisotopic (exact) mass is 611 g/mol. The molecule has 0 bridgehead atoms. The first-order chi connectivity index (χ1) is 20.2. The molecule has 42 heavy (non-hydrogen) atoms. The van der Waals surface area contributed by atoms with Gasteiger partial charge in [-0.25, -0.2) is 9.35 Å². The summed E-state index contributed by atoms with van der Waals surface area (Å²) in [5.74, 6) is 1.08. The van der Waals surface area contributed by atoms with Crippen LogP contribution < -0.4 is 14.8 Å². The molecule has 9 heteroatoms. The predicted molar refractivity (Wildman–Crippen MR) is 171 cm³/mol. The second-order valence-electron chi connectivity index (χ2n) is 11.9. The fourth-order valence-electron chi connectivity index (χ4n) is 6.90. The van der Waals surface area contributed by atoms with Crippen molar-refractivity contribution in [3.8, 4) is 5.75 Å². The molecule has 1 spiro atoms. The van der Waals surface area contributed by atoms with Crippen LogP contribution in [0.15, 0.2) is 66.1 Å². The van der Waals surface area contributed by atoms with Crippen molar-refractivity contribution >= 4 is 33.1 Å². The van der Waals surface area contributed by atoms with Gasteiger partial charge in [-0.1, -0.05) is 29.8 Å². The molecule has 2 aliphatic carbocycles. The van der Waals surface area contributed by atoms with Crippen molar-refractivity contribution < 1.29 is 18.5 Å². The van der Waals surface area contributed by atoms with Gasteiger partial charge in [-0.2, -0.15) is 0 Å². The second-order valence-corrected chi connectivity index (χ2v) is 14.4. The number of hydrogen-bond acceptors (Lipinski definition) is 5. The van der Waals surface area contributed by atoms with E-state index in [1.54, 1.807) is 19.3 Å². The topological polar surface area (TPSA) is 94.2 Å². The number of nitrogens with two attached hydrogens (primary N) is 1. The highest BCUT2D eigenvalue weighted by atomic mass is 35.5. The number of anilines is 1. The third-order valence-corrected chi connectivity index (χ3v) is 10.8. The lowest BCUT2D eigenvalue weighted by Crippen LogP contribution is -2.49. The highest BCUT2D eigenvalue weighted by Crippen LogP contribution is 2.47. The minimum absolute atomic E-state index is 0.00321. The van der Waals surface area contributed by atoms with E-state index in [1.165, 1.54) is 11.1 Å². The van der Waals surface area contributed by atoms with Gasteiger partial charge in [0.2, 0.25) is 0 Å². The zero-order valence-corrected chi connectivity index (χ0v) is 26.0. The minimum atomic E-state index is -3.14. The summed E-state index contributed by atoms with van der Waals surface area (Å²) >= 11 is 6.40. The maximum atomic E-state index is 13.2. The maximum Gasteiger partial charge on any atom is 0.286 e. The molecule has 2 N–H and O–H groups in total. The third kappa shape index (κ3) is 6.47. The molecule has 1 aliphatic heterocycles. The molecule has 7 nitrogen and oxygen atoms in total. The van der Waals surface area contributed by atoms with Gasteiger partial charge in [0.05, 0.1) is 18.4 Å². The molecule has 1 unspecified atom stereocenters. The number of carbonyl (C=O) groups is 1. The third-order valence-electron chi connectivity index (χ3n) is 9.22. The molecule has 5 atom stereocenters. The summed E-state index contributed by atoms with van der Waals surface area (Å²) < 4.78 is 29.1. The maximum absolute atomic E-state index is 13.2. The van der Waals surface area contributed by atoms with Crippen molar-refractivity contribution in [1.29, 1.82) is 0 Å². The Morgan fingerprint density at radius 1 is 1.31 bits per heavy atom. The molecule has 0 radical (unpaired) electrons. The first kappa shape index (κ1) is 30.8. The van der Waals surface area contributed by atoms with Crippen molar-refractivity contribution in [1.82, 2.24) is 0 Å². The summed E-state index contributed by atoms with van der Waals surface area (Å²) in [6.45, 7) is 9.75. The summed E-state index contributed by atoms with van der Waals surface area (Å²) in [5.41, 5.74) is 3.54. The van der Waals surface area contributed by atoms with Gasteiger partial charge in [0, 0.05) is 42.0 Å². The Labute approximate surface area is 255 Å². The van der Waals surface area contributed by atoms with E-state index in [1.807, 2.05) is 24.3 Å². The number of halogens is 1. The highest BCUT2D eigenvalue weighted by Gasteiger charge is 2.44. The van der Waals surface area contributed by atoms with E-state index in [0.717, 1.165) is 61.7 Å². The zero-order chi connectivity index (χ0) is 29.9. The number of rotatable bonds is 10. The number of methoxy groups -OCH3 is 1. The SMILES string of the molecule is C=CCCCS(N)(=O)=NC(=O)c1ccc2c(c1)N(C[C@@H]1CC[C@H]1[C@H](C=C)OC)C[C@@]1(CCCc3cc(Cl)ccc31)CO2. The van der Waals surface area contributed by atoms with Gasteiger partial charge in [-0.05, 0) is 98.2 Å². The molecule has 5 rings (SSSR count). The first-order valence-corrected chi connectivity index (χ1v) is 16.9. The molecule has 2 aromatic rings. The van der Waals surface area contributed by atoms with E-state index < -0.39 is 15.8 Å². The Morgan fingerprint density at radius 3 is 2.86 bits per heavy atom. The van der Waals surface area contributed by atoms with Crippen molar-refractivity contribution in [2.75, 3.05) is 37.5 Å². The van der Waals surface area contributed by atoms with Crippen molar-refractivity contribution in [2.45, 2.75) is 56.5 Å². The van der Waals surface area contributed by atoms with Crippen LogP contribution in [-0.4, -0.2) is 48.8 Å². The fourth-order valence-corrected chi connectivity index (χ4v) is 8.16. The average molecular weight is 612 g/mol. The number of carbonyl (C=O) groups excluding carboxylic acids is 1. The van der Waals surface area contributed by atoms with Gasteiger partial charge in [-0.15, -0.1) is 17.5 Å². The van der Waals surface area contributed by atoms with Crippen molar-refractivity contribution in [3.05, 3.63) is 83.4 Å².